The summed E-state index contributed by atoms with van der Waals surface area (Å²) in [5, 5.41) is 5.72. The molecule has 2 aromatic carbocycles. The van der Waals surface area contributed by atoms with E-state index >= 15 is 0 Å². The predicted octanol–water partition coefficient (Wildman–Crippen LogP) is 6.48. The first-order chi connectivity index (χ1) is 13.4. The van der Waals surface area contributed by atoms with Crippen molar-refractivity contribution in [3.8, 4) is 10.4 Å². The smallest absolute Gasteiger partial charge is 0.149 e. The quantitative estimate of drug-likeness (QED) is 0.505. The molecule has 8 heteroatoms. The summed E-state index contributed by atoms with van der Waals surface area (Å²) in [4.78, 5) is 0.947. The van der Waals surface area contributed by atoms with Gasteiger partial charge in [-0.25, -0.2) is 8.78 Å². The number of anilines is 1. The summed E-state index contributed by atoms with van der Waals surface area (Å²) in [6.07, 6.45) is 1.78. The number of thiophene rings is 1. The van der Waals surface area contributed by atoms with Crippen LogP contribution in [0, 0.1) is 18.6 Å². The number of nitrogens with zero attached hydrogens (tertiary/aromatic N) is 2. The molecule has 1 aromatic heterocycles. The van der Waals surface area contributed by atoms with Gasteiger partial charge < -0.3 is 0 Å². The van der Waals surface area contributed by atoms with Crippen LogP contribution >= 0.6 is 34.5 Å². The van der Waals surface area contributed by atoms with Crippen LogP contribution in [-0.4, -0.2) is 12.1 Å². The molecule has 0 fully saturated rings. The van der Waals surface area contributed by atoms with Crippen molar-refractivity contribution >= 4 is 45.9 Å². The zero-order chi connectivity index (χ0) is 20.0. The van der Waals surface area contributed by atoms with E-state index in [2.05, 4.69) is 5.53 Å². The third kappa shape index (κ3) is 3.26. The number of halogens is 4. The molecule has 0 bridgehead atoms. The van der Waals surface area contributed by atoms with Gasteiger partial charge >= 0.3 is 0 Å². The zero-order valence-electron chi connectivity index (χ0n) is 14.9. The summed E-state index contributed by atoms with van der Waals surface area (Å²) in [5.41, 5.74) is 6.88. The molecule has 1 aliphatic heterocycles. The van der Waals surface area contributed by atoms with Crippen molar-refractivity contribution in [2.75, 3.05) is 12.1 Å². The first kappa shape index (κ1) is 19.2. The van der Waals surface area contributed by atoms with Crippen LogP contribution in [0.4, 0.5) is 14.5 Å². The van der Waals surface area contributed by atoms with Crippen LogP contribution in [0.25, 0.3) is 16.1 Å². The lowest BCUT2D eigenvalue weighted by Gasteiger charge is -2.21. The lowest BCUT2D eigenvalue weighted by Crippen LogP contribution is -2.38. The third-order valence-electron chi connectivity index (χ3n) is 4.55. The highest BCUT2D eigenvalue weighted by Crippen LogP contribution is 2.39. The molecule has 4 rings (SSSR count). The van der Waals surface area contributed by atoms with E-state index in [-0.39, 0.29) is 10.7 Å². The Bertz CT molecular complexity index is 1080. The number of para-hydroxylation sites is 1. The molecule has 0 saturated carbocycles. The molecule has 1 aliphatic rings. The number of hydrazine groups is 2. The Balaban J connectivity index is 1.73. The molecule has 144 valence electrons. The highest BCUT2D eigenvalue weighted by Gasteiger charge is 2.26. The Labute approximate surface area is 175 Å². The Hall–Kier alpha value is -2.12. The molecule has 0 aliphatic carbocycles. The Morgan fingerprint density at radius 3 is 2.54 bits per heavy atom. The summed E-state index contributed by atoms with van der Waals surface area (Å²) in [7, 11) is 1.83. The zero-order valence-corrected chi connectivity index (χ0v) is 17.3. The molecular weight excluding hydrogens is 423 g/mol. The molecule has 1 N–H and O–H groups in total. The standard InChI is InChI=1S/C20H15Cl2F2N3S/c1-11-13(10-28-20(11)12-6-7-14(21)17(24)8-12)18-9-27(25-26(18)2)19-15(22)4-3-5-16(19)23/h3-10,25H,1-2H3. The van der Waals surface area contributed by atoms with Gasteiger partial charge in [0, 0.05) is 29.1 Å². The summed E-state index contributed by atoms with van der Waals surface area (Å²) in [6, 6.07) is 9.34. The number of benzene rings is 2. The topological polar surface area (TPSA) is 18.5 Å². The molecule has 3 nitrogen and oxygen atoms in total. The van der Waals surface area contributed by atoms with Gasteiger partial charge in [-0.15, -0.1) is 16.9 Å². The summed E-state index contributed by atoms with van der Waals surface area (Å²) in [5.74, 6) is -0.877. The minimum absolute atomic E-state index is 0.0954. The van der Waals surface area contributed by atoms with Crippen molar-refractivity contribution < 1.29 is 8.78 Å². The van der Waals surface area contributed by atoms with Crippen molar-refractivity contribution in [2.24, 2.45) is 0 Å². The average Bonchev–Trinajstić information content (AvgIpc) is 3.20. The van der Waals surface area contributed by atoms with Crippen molar-refractivity contribution in [3.05, 3.63) is 80.8 Å². The van der Waals surface area contributed by atoms with Gasteiger partial charge in [0.15, 0.2) is 0 Å². The van der Waals surface area contributed by atoms with E-state index in [4.69, 9.17) is 23.2 Å². The molecule has 3 aromatic rings. The van der Waals surface area contributed by atoms with Crippen LogP contribution in [0.2, 0.25) is 10.0 Å². The molecule has 0 atom stereocenters. The molecule has 28 heavy (non-hydrogen) atoms. The van der Waals surface area contributed by atoms with Gasteiger partial charge in [-0.3, -0.25) is 10.0 Å². The Kier molecular flexibility index (Phi) is 5.05. The van der Waals surface area contributed by atoms with Crippen LogP contribution in [0.3, 0.4) is 0 Å². The molecule has 0 radical (unpaired) electrons. The maximum Gasteiger partial charge on any atom is 0.149 e. The van der Waals surface area contributed by atoms with Crippen LogP contribution < -0.4 is 10.5 Å². The van der Waals surface area contributed by atoms with Gasteiger partial charge in [0.1, 0.15) is 17.3 Å². The largest absolute Gasteiger partial charge is 0.291 e. The predicted molar refractivity (Wildman–Crippen MR) is 112 cm³/mol. The second-order valence-electron chi connectivity index (χ2n) is 6.35. The average molecular weight is 438 g/mol. The van der Waals surface area contributed by atoms with E-state index in [9.17, 15) is 8.78 Å². The maximum absolute atomic E-state index is 14.3. The molecule has 0 spiro atoms. The van der Waals surface area contributed by atoms with Crippen LogP contribution in [-0.2, 0) is 0 Å². The lowest BCUT2D eigenvalue weighted by atomic mass is 10.1. The van der Waals surface area contributed by atoms with Crippen molar-refractivity contribution in [1.82, 2.24) is 10.5 Å². The first-order valence-electron chi connectivity index (χ1n) is 8.35. The number of hydrogen-bond donors (Lipinski definition) is 1. The van der Waals surface area contributed by atoms with E-state index in [0.717, 1.165) is 27.3 Å². The summed E-state index contributed by atoms with van der Waals surface area (Å²) >= 11 is 13.5. The van der Waals surface area contributed by atoms with Gasteiger partial charge in [-0.1, -0.05) is 35.3 Å². The number of rotatable bonds is 3. The van der Waals surface area contributed by atoms with Gasteiger partial charge in [0.2, 0.25) is 0 Å². The van der Waals surface area contributed by atoms with Gasteiger partial charge in [0.05, 0.1) is 15.7 Å². The van der Waals surface area contributed by atoms with Gasteiger partial charge in [0.25, 0.3) is 0 Å². The van der Waals surface area contributed by atoms with Gasteiger partial charge in [-0.2, -0.15) is 0 Å². The Morgan fingerprint density at radius 2 is 1.82 bits per heavy atom. The normalized spacial score (nSPS) is 14.0. The fourth-order valence-corrected chi connectivity index (χ4v) is 4.58. The number of hydrogen-bond acceptors (Lipinski definition) is 4. The third-order valence-corrected chi connectivity index (χ3v) is 6.29. The first-order valence-corrected chi connectivity index (χ1v) is 9.99. The second-order valence-corrected chi connectivity index (χ2v) is 8.04. The fourth-order valence-electron chi connectivity index (χ4n) is 3.13. The molecule has 2 heterocycles. The summed E-state index contributed by atoms with van der Waals surface area (Å²) in [6.45, 7) is 1.97. The van der Waals surface area contributed by atoms with Gasteiger partial charge in [-0.05, 0) is 42.3 Å². The van der Waals surface area contributed by atoms with E-state index in [0.29, 0.717) is 5.02 Å². The highest BCUT2D eigenvalue weighted by atomic mass is 35.5. The maximum atomic E-state index is 14.3. The molecule has 0 unspecified atom stereocenters. The minimum Gasteiger partial charge on any atom is -0.291 e. The van der Waals surface area contributed by atoms with Crippen LogP contribution in [0.5, 0.6) is 0 Å². The van der Waals surface area contributed by atoms with E-state index in [1.165, 1.54) is 23.5 Å². The van der Waals surface area contributed by atoms with E-state index in [1.54, 1.807) is 40.5 Å². The van der Waals surface area contributed by atoms with E-state index < -0.39 is 11.6 Å². The minimum atomic E-state index is -0.451. The fraction of sp³-hybridized carbons (Fsp3) is 0.100. The molecule has 0 saturated heterocycles. The van der Waals surface area contributed by atoms with Crippen LogP contribution in [0.1, 0.15) is 11.1 Å². The number of nitrogens with one attached hydrogen (secondary N) is 1. The highest BCUT2D eigenvalue weighted by molar-refractivity contribution is 7.14. The molecular formula is C20H15Cl2F2N3S. The Morgan fingerprint density at radius 1 is 1.04 bits per heavy atom. The SMILES string of the molecule is Cc1c(C2=CN(c3c(F)cccc3Cl)NN2C)csc1-c1ccc(Cl)c(F)c1. The van der Waals surface area contributed by atoms with E-state index in [1.807, 2.05) is 19.4 Å². The van der Waals surface area contributed by atoms with Crippen molar-refractivity contribution in [2.45, 2.75) is 6.92 Å². The van der Waals surface area contributed by atoms with Crippen molar-refractivity contribution in [3.63, 3.8) is 0 Å². The second kappa shape index (κ2) is 7.37. The van der Waals surface area contributed by atoms with Crippen LogP contribution in [0.15, 0.2) is 48.0 Å². The van der Waals surface area contributed by atoms with Crippen molar-refractivity contribution in [1.29, 1.82) is 0 Å². The summed E-state index contributed by atoms with van der Waals surface area (Å²) < 4.78 is 28.1. The monoisotopic (exact) mass is 437 g/mol. The lowest BCUT2D eigenvalue weighted by molar-refractivity contribution is 0.373. The molecule has 0 amide bonds.